The van der Waals surface area contributed by atoms with Crippen molar-refractivity contribution in [3.8, 4) is 23.1 Å². The Morgan fingerprint density at radius 2 is 2.00 bits per heavy atom. The van der Waals surface area contributed by atoms with Gasteiger partial charge in [-0.25, -0.2) is 0 Å². The van der Waals surface area contributed by atoms with Crippen molar-refractivity contribution in [2.24, 2.45) is 5.41 Å². The molecule has 2 saturated heterocycles. The van der Waals surface area contributed by atoms with Crippen molar-refractivity contribution >= 4 is 29.3 Å². The molecular formula is C30H30ClF3N6O3. The van der Waals surface area contributed by atoms with Crippen molar-refractivity contribution in [1.29, 1.82) is 5.26 Å². The Labute approximate surface area is 251 Å². The van der Waals surface area contributed by atoms with Gasteiger partial charge in [0.15, 0.2) is 0 Å². The lowest BCUT2D eigenvalue weighted by atomic mass is 9.76. The summed E-state index contributed by atoms with van der Waals surface area (Å²) >= 11 is 6.17. The van der Waals surface area contributed by atoms with Crippen molar-refractivity contribution in [3.05, 3.63) is 64.7 Å². The van der Waals surface area contributed by atoms with Gasteiger partial charge >= 0.3 is 12.1 Å². The van der Waals surface area contributed by atoms with Crippen molar-refractivity contribution in [1.82, 2.24) is 15.3 Å². The molecule has 0 saturated carbocycles. The van der Waals surface area contributed by atoms with Crippen LogP contribution in [0.2, 0.25) is 5.02 Å². The molecule has 43 heavy (non-hydrogen) atoms. The number of aromatic nitrogens is 2. The third kappa shape index (κ3) is 6.78. The quantitative estimate of drug-likeness (QED) is 0.334. The van der Waals surface area contributed by atoms with Crippen LogP contribution in [-0.4, -0.2) is 54.4 Å². The summed E-state index contributed by atoms with van der Waals surface area (Å²) in [5.41, 5.74) is 6.49. The highest BCUT2D eigenvalue weighted by atomic mass is 35.5. The first-order chi connectivity index (χ1) is 20.5. The molecule has 2 aromatic carbocycles. The third-order valence-corrected chi connectivity index (χ3v) is 8.16. The molecule has 2 atom stereocenters. The molecule has 2 aliphatic heterocycles. The maximum Gasteiger partial charge on any atom is 0.429 e. The van der Waals surface area contributed by atoms with Crippen molar-refractivity contribution in [3.63, 3.8) is 0 Å². The summed E-state index contributed by atoms with van der Waals surface area (Å²) in [5, 5.41) is 12.8. The average molecular weight is 615 g/mol. The van der Waals surface area contributed by atoms with E-state index in [4.69, 9.17) is 26.8 Å². The largest absolute Gasteiger partial charge is 0.465 e. The van der Waals surface area contributed by atoms with Crippen molar-refractivity contribution < 1.29 is 27.4 Å². The minimum absolute atomic E-state index is 0.0823. The van der Waals surface area contributed by atoms with Gasteiger partial charge in [0, 0.05) is 36.3 Å². The number of nitriles is 1. The normalized spacial score (nSPS) is 18.7. The molecule has 1 aromatic heterocycles. The monoisotopic (exact) mass is 614 g/mol. The summed E-state index contributed by atoms with van der Waals surface area (Å²) in [5.74, 6) is -0.462. The molecule has 3 aromatic rings. The standard InChI is InChI=1S/C30H30ClF3N6O3/c1-2-42-27(41)23-15-29(17-37-23)8-10-40(11-9-29)24-14-25(39-28(36)38-24)43-26(30(32,33)34)21-7-6-20(31)13-22(21)19-5-3-4-18(12-19)16-35/h3-7,12-14,23,26,37H,2,8-11,15,17H2,1H3,(H2,36,38,39)/t23?,26-/m1/s1. The highest BCUT2D eigenvalue weighted by Gasteiger charge is 2.46. The lowest BCUT2D eigenvalue weighted by Crippen LogP contribution is -2.41. The maximum atomic E-state index is 14.6. The molecule has 226 valence electrons. The number of piperidine rings is 1. The molecule has 9 nitrogen and oxygen atoms in total. The fraction of sp³-hybridized carbons (Fsp3) is 0.400. The van der Waals surface area contributed by atoms with E-state index >= 15 is 0 Å². The van der Waals surface area contributed by atoms with E-state index in [1.54, 1.807) is 25.1 Å². The fourth-order valence-corrected chi connectivity index (χ4v) is 5.93. The lowest BCUT2D eigenvalue weighted by Gasteiger charge is -2.39. The van der Waals surface area contributed by atoms with E-state index in [9.17, 15) is 23.2 Å². The number of carbonyl (C=O) groups excluding carboxylic acids is 1. The highest BCUT2D eigenvalue weighted by Crippen LogP contribution is 2.43. The second kappa shape index (κ2) is 12.3. The van der Waals surface area contributed by atoms with Crippen LogP contribution in [0.15, 0.2) is 48.5 Å². The Morgan fingerprint density at radius 1 is 1.23 bits per heavy atom. The molecule has 13 heteroatoms. The number of alkyl halides is 3. The molecule has 1 spiro atoms. The first-order valence-corrected chi connectivity index (χ1v) is 14.2. The molecule has 1 unspecified atom stereocenters. The van der Waals surface area contributed by atoms with Crippen LogP contribution < -0.4 is 20.7 Å². The predicted octanol–water partition coefficient (Wildman–Crippen LogP) is 5.44. The second-order valence-electron chi connectivity index (χ2n) is 10.8. The van der Waals surface area contributed by atoms with Gasteiger partial charge in [0.05, 0.1) is 18.2 Å². The van der Waals surface area contributed by atoms with E-state index in [1.165, 1.54) is 30.3 Å². The number of nitrogens with zero attached hydrogens (tertiary/aromatic N) is 4. The number of nitrogen functional groups attached to an aromatic ring is 1. The van der Waals surface area contributed by atoms with Gasteiger partial charge in [-0.2, -0.15) is 28.4 Å². The first-order valence-electron chi connectivity index (χ1n) is 13.8. The summed E-state index contributed by atoms with van der Waals surface area (Å²) in [7, 11) is 0. The summed E-state index contributed by atoms with van der Waals surface area (Å²) in [6.45, 7) is 3.89. The van der Waals surface area contributed by atoms with Crippen molar-refractivity contribution in [2.45, 2.75) is 44.5 Å². The van der Waals surface area contributed by atoms with Gasteiger partial charge in [-0.15, -0.1) is 0 Å². The molecular weight excluding hydrogens is 585 g/mol. The van der Waals surface area contributed by atoms with Gasteiger partial charge in [0.2, 0.25) is 17.9 Å². The summed E-state index contributed by atoms with van der Waals surface area (Å²) < 4.78 is 54.4. The van der Waals surface area contributed by atoms with Crippen LogP contribution in [0.1, 0.15) is 43.4 Å². The Morgan fingerprint density at radius 3 is 2.70 bits per heavy atom. The van der Waals surface area contributed by atoms with Gasteiger partial charge in [0.1, 0.15) is 11.9 Å². The van der Waals surface area contributed by atoms with E-state index in [0.717, 1.165) is 12.8 Å². The minimum Gasteiger partial charge on any atom is -0.465 e. The Hall–Kier alpha value is -4.08. The minimum atomic E-state index is -4.84. The molecule has 3 N–H and O–H groups in total. The topological polar surface area (TPSA) is 126 Å². The molecule has 0 bridgehead atoms. The Balaban J connectivity index is 1.38. The van der Waals surface area contributed by atoms with Gasteiger partial charge in [-0.1, -0.05) is 29.8 Å². The van der Waals surface area contributed by atoms with Crippen LogP contribution in [0.3, 0.4) is 0 Å². The number of ether oxygens (including phenoxy) is 2. The molecule has 2 fully saturated rings. The number of benzene rings is 2. The van der Waals surface area contributed by atoms with E-state index in [0.29, 0.717) is 44.0 Å². The number of nitrogens with one attached hydrogen (secondary N) is 1. The zero-order valence-corrected chi connectivity index (χ0v) is 24.1. The number of rotatable bonds is 7. The molecule has 2 aliphatic rings. The Bertz CT molecular complexity index is 1540. The summed E-state index contributed by atoms with van der Waals surface area (Å²) in [4.78, 5) is 22.4. The SMILES string of the molecule is CCOC(=O)C1CC2(CCN(c3cc(O[C@H](c4ccc(Cl)cc4-c4cccc(C#N)c4)C(F)(F)F)nc(N)n3)CC2)CN1. The fourth-order valence-electron chi connectivity index (χ4n) is 5.76. The zero-order chi connectivity index (χ0) is 30.8. The number of halogens is 4. The van der Waals surface area contributed by atoms with Crippen LogP contribution in [0.25, 0.3) is 11.1 Å². The van der Waals surface area contributed by atoms with E-state index in [2.05, 4.69) is 15.3 Å². The lowest BCUT2D eigenvalue weighted by molar-refractivity contribution is -0.198. The molecule has 0 aliphatic carbocycles. The summed E-state index contributed by atoms with van der Waals surface area (Å²) in [6, 6.07) is 13.2. The van der Waals surface area contributed by atoms with E-state index < -0.39 is 12.3 Å². The van der Waals surface area contributed by atoms with Gasteiger partial charge in [-0.05, 0) is 67.0 Å². The highest BCUT2D eigenvalue weighted by molar-refractivity contribution is 6.30. The van der Waals surface area contributed by atoms with Gasteiger partial charge in [-0.3, -0.25) is 4.79 Å². The maximum absolute atomic E-state index is 14.6. The Kier molecular flexibility index (Phi) is 8.66. The average Bonchev–Trinajstić information content (AvgIpc) is 3.39. The number of hydrogen-bond donors (Lipinski definition) is 2. The molecule has 3 heterocycles. The predicted molar refractivity (Wildman–Crippen MR) is 154 cm³/mol. The van der Waals surface area contributed by atoms with Crippen LogP contribution >= 0.6 is 11.6 Å². The number of anilines is 2. The number of carbonyl (C=O) groups is 1. The van der Waals surface area contributed by atoms with E-state index in [-0.39, 0.29) is 51.0 Å². The third-order valence-electron chi connectivity index (χ3n) is 7.92. The zero-order valence-electron chi connectivity index (χ0n) is 23.3. The molecule has 5 rings (SSSR count). The number of esters is 1. The van der Waals surface area contributed by atoms with Crippen LogP contribution in [-0.2, 0) is 9.53 Å². The first kappa shape index (κ1) is 30.4. The van der Waals surface area contributed by atoms with Crippen LogP contribution in [0.5, 0.6) is 5.88 Å². The summed E-state index contributed by atoms with van der Waals surface area (Å²) in [6.07, 6.45) is -5.10. The number of nitrogens with two attached hydrogens (primary N) is 1. The molecule has 0 radical (unpaired) electrons. The van der Waals surface area contributed by atoms with Gasteiger partial charge in [0.25, 0.3) is 0 Å². The molecule has 0 amide bonds. The smallest absolute Gasteiger partial charge is 0.429 e. The second-order valence-corrected chi connectivity index (χ2v) is 11.2. The van der Waals surface area contributed by atoms with E-state index in [1.807, 2.05) is 11.0 Å². The van der Waals surface area contributed by atoms with Crippen LogP contribution in [0.4, 0.5) is 24.9 Å². The number of hydrogen-bond acceptors (Lipinski definition) is 9. The van der Waals surface area contributed by atoms with Crippen LogP contribution in [0, 0.1) is 16.7 Å². The van der Waals surface area contributed by atoms with Gasteiger partial charge < -0.3 is 25.4 Å². The van der Waals surface area contributed by atoms with Crippen molar-refractivity contribution in [2.75, 3.05) is 36.9 Å².